The zero-order valence-electron chi connectivity index (χ0n) is 30.6. The standard InChI is InChI=1S/C46H60Si/c1-43(25-7-8-26-43)35-19-15-17-33-21-23-37(45(3)29-11-12-30-45)41(39(33)35)47(5,6)42-38(46(4)31-13-14-32-46)24-22-34-18-16-20-36(40(34)42)44(2)27-9-10-28-44/h15-24H,7-14,25-32H2,1-6H3. The average Bonchev–Trinajstić information content (AvgIpc) is 3.90. The van der Waals surface area contributed by atoms with Gasteiger partial charge in [0, 0.05) is 0 Å². The van der Waals surface area contributed by atoms with Gasteiger partial charge in [-0.25, -0.2) is 0 Å². The Morgan fingerprint density at radius 2 is 0.681 bits per heavy atom. The fourth-order valence-corrected chi connectivity index (χ4v) is 16.1. The van der Waals surface area contributed by atoms with Crippen molar-refractivity contribution in [3.63, 3.8) is 0 Å². The maximum Gasteiger partial charge on any atom is 0.114 e. The first-order valence-corrected chi connectivity index (χ1v) is 22.6. The van der Waals surface area contributed by atoms with Gasteiger partial charge in [-0.15, -0.1) is 0 Å². The van der Waals surface area contributed by atoms with Crippen molar-refractivity contribution in [2.45, 2.75) is 165 Å². The number of benzene rings is 4. The topological polar surface area (TPSA) is 0 Å². The molecule has 0 atom stereocenters. The predicted molar refractivity (Wildman–Crippen MR) is 208 cm³/mol. The van der Waals surface area contributed by atoms with Crippen LogP contribution < -0.4 is 10.4 Å². The number of hydrogen-bond acceptors (Lipinski definition) is 0. The Bertz CT molecular complexity index is 1680. The largest absolute Gasteiger partial charge is 0.114 e. The highest BCUT2D eigenvalue weighted by Gasteiger charge is 2.46. The molecule has 0 unspecified atom stereocenters. The summed E-state index contributed by atoms with van der Waals surface area (Å²) in [5.74, 6) is 0. The van der Waals surface area contributed by atoms with E-state index in [1.54, 1.807) is 33.0 Å². The van der Waals surface area contributed by atoms with Crippen LogP contribution in [0.25, 0.3) is 21.5 Å². The second-order valence-corrected chi connectivity index (χ2v) is 22.7. The molecule has 0 saturated heterocycles. The van der Waals surface area contributed by atoms with Crippen molar-refractivity contribution in [2.75, 3.05) is 0 Å². The van der Waals surface area contributed by atoms with E-state index in [9.17, 15) is 0 Å². The Labute approximate surface area is 287 Å². The number of fused-ring (bicyclic) bond motifs is 2. The van der Waals surface area contributed by atoms with Gasteiger partial charge in [0.2, 0.25) is 0 Å². The van der Waals surface area contributed by atoms with Gasteiger partial charge in [0.25, 0.3) is 0 Å². The van der Waals surface area contributed by atoms with Crippen LogP contribution in [0, 0.1) is 0 Å². The van der Waals surface area contributed by atoms with Crippen LogP contribution in [0.15, 0.2) is 60.7 Å². The van der Waals surface area contributed by atoms with Crippen LogP contribution in [0.3, 0.4) is 0 Å². The summed E-state index contributed by atoms with van der Waals surface area (Å²) in [7, 11) is -2.33. The summed E-state index contributed by atoms with van der Waals surface area (Å²) >= 11 is 0. The van der Waals surface area contributed by atoms with Gasteiger partial charge in [-0.05, 0) is 127 Å². The molecular weight excluding hydrogens is 581 g/mol. The average molecular weight is 641 g/mol. The molecule has 4 saturated carbocycles. The normalized spacial score (nSPS) is 23.3. The third-order valence-electron chi connectivity index (χ3n) is 14.8. The summed E-state index contributed by atoms with van der Waals surface area (Å²) in [6, 6.07) is 25.2. The molecule has 248 valence electrons. The van der Waals surface area contributed by atoms with Crippen molar-refractivity contribution in [1.29, 1.82) is 0 Å². The Morgan fingerprint density at radius 3 is 1.00 bits per heavy atom. The summed E-state index contributed by atoms with van der Waals surface area (Å²) in [5.41, 5.74) is 7.85. The van der Waals surface area contributed by atoms with Crippen molar-refractivity contribution >= 4 is 40.0 Å². The van der Waals surface area contributed by atoms with E-state index < -0.39 is 8.07 Å². The van der Waals surface area contributed by atoms with E-state index in [1.807, 2.05) is 10.4 Å². The second-order valence-electron chi connectivity index (χ2n) is 18.5. The van der Waals surface area contributed by atoms with Gasteiger partial charge in [-0.3, -0.25) is 0 Å². The lowest BCUT2D eigenvalue weighted by atomic mass is 9.75. The predicted octanol–water partition coefficient (Wildman–Crippen LogP) is 12.1. The summed E-state index contributed by atoms with van der Waals surface area (Å²) in [5, 5.41) is 9.95. The molecule has 0 heterocycles. The molecule has 0 amide bonds. The molecule has 4 aliphatic carbocycles. The van der Waals surface area contributed by atoms with Gasteiger partial charge in [0.05, 0.1) is 0 Å². The van der Waals surface area contributed by atoms with Gasteiger partial charge in [-0.1, -0.05) is 153 Å². The zero-order valence-corrected chi connectivity index (χ0v) is 31.6. The molecule has 0 bridgehead atoms. The summed E-state index contributed by atoms with van der Waals surface area (Å²) < 4.78 is 0. The zero-order chi connectivity index (χ0) is 32.7. The monoisotopic (exact) mass is 640 g/mol. The van der Waals surface area contributed by atoms with E-state index in [2.05, 4.69) is 101 Å². The van der Waals surface area contributed by atoms with Crippen LogP contribution in [-0.2, 0) is 21.7 Å². The lowest BCUT2D eigenvalue weighted by molar-refractivity contribution is 0.490. The Morgan fingerprint density at radius 1 is 0.383 bits per heavy atom. The highest BCUT2D eigenvalue weighted by atomic mass is 28.3. The second kappa shape index (κ2) is 11.3. The van der Waals surface area contributed by atoms with E-state index in [-0.39, 0.29) is 21.7 Å². The van der Waals surface area contributed by atoms with Crippen LogP contribution in [0.5, 0.6) is 0 Å². The SMILES string of the molecule is CC1(c2ccc3cccc(C4(C)CCCC4)c3c2[Si](C)(C)c2c(C3(C)CCCC3)ccc3cccc(C4(C)CCCC4)c23)CCCC1. The highest BCUT2D eigenvalue weighted by Crippen LogP contribution is 2.49. The minimum absolute atomic E-state index is 0.264. The van der Waals surface area contributed by atoms with Crippen LogP contribution in [0.1, 0.15) is 153 Å². The van der Waals surface area contributed by atoms with Crippen LogP contribution in [0.2, 0.25) is 13.1 Å². The van der Waals surface area contributed by atoms with E-state index in [4.69, 9.17) is 0 Å². The quantitative estimate of drug-likeness (QED) is 0.184. The molecule has 4 fully saturated rings. The van der Waals surface area contributed by atoms with E-state index in [0.717, 1.165) is 0 Å². The third kappa shape index (κ3) is 4.94. The van der Waals surface area contributed by atoms with E-state index >= 15 is 0 Å². The molecule has 8 rings (SSSR count). The van der Waals surface area contributed by atoms with E-state index in [0.29, 0.717) is 0 Å². The van der Waals surface area contributed by atoms with Crippen molar-refractivity contribution < 1.29 is 0 Å². The smallest absolute Gasteiger partial charge is 0.0616 e. The number of hydrogen-bond donors (Lipinski definition) is 0. The first-order chi connectivity index (χ1) is 22.5. The molecule has 0 radical (unpaired) electrons. The van der Waals surface area contributed by atoms with Gasteiger partial charge in [0.15, 0.2) is 0 Å². The molecule has 0 aliphatic heterocycles. The molecule has 1 heteroatoms. The van der Waals surface area contributed by atoms with Crippen LogP contribution in [-0.4, -0.2) is 8.07 Å². The first kappa shape index (κ1) is 31.9. The van der Waals surface area contributed by atoms with E-state index in [1.165, 1.54) is 114 Å². The van der Waals surface area contributed by atoms with Crippen LogP contribution >= 0.6 is 0 Å². The first-order valence-electron chi connectivity index (χ1n) is 19.6. The molecule has 4 aromatic rings. The molecule has 0 aromatic heterocycles. The molecule has 4 aliphatic rings. The van der Waals surface area contributed by atoms with Crippen LogP contribution in [0.4, 0.5) is 0 Å². The highest BCUT2D eigenvalue weighted by molar-refractivity contribution is 7.03. The van der Waals surface area contributed by atoms with Gasteiger partial charge < -0.3 is 0 Å². The molecule has 0 nitrogen and oxygen atoms in total. The fourth-order valence-electron chi connectivity index (χ4n) is 11.9. The Kier molecular flexibility index (Phi) is 7.68. The van der Waals surface area contributed by atoms with Gasteiger partial charge in [-0.2, -0.15) is 0 Å². The number of rotatable bonds is 6. The Balaban J connectivity index is 1.53. The van der Waals surface area contributed by atoms with Crippen molar-refractivity contribution in [3.05, 3.63) is 82.9 Å². The third-order valence-corrected chi connectivity index (χ3v) is 18.3. The summed E-state index contributed by atoms with van der Waals surface area (Å²) in [6.07, 6.45) is 21.6. The van der Waals surface area contributed by atoms with Gasteiger partial charge in [0.1, 0.15) is 8.07 Å². The minimum atomic E-state index is -2.33. The molecule has 47 heavy (non-hydrogen) atoms. The van der Waals surface area contributed by atoms with Crippen molar-refractivity contribution in [3.8, 4) is 0 Å². The lowest BCUT2D eigenvalue weighted by Crippen LogP contribution is -2.59. The van der Waals surface area contributed by atoms with Crippen molar-refractivity contribution in [1.82, 2.24) is 0 Å². The fraction of sp³-hybridized carbons (Fsp3) is 0.565. The minimum Gasteiger partial charge on any atom is -0.0616 e. The molecule has 4 aromatic carbocycles. The maximum absolute atomic E-state index is 2.81. The molecular formula is C46H60Si. The molecule has 0 N–H and O–H groups in total. The van der Waals surface area contributed by atoms with Gasteiger partial charge >= 0.3 is 0 Å². The maximum atomic E-state index is 2.81. The Hall–Kier alpha value is -2.38. The van der Waals surface area contributed by atoms with Crippen molar-refractivity contribution in [2.24, 2.45) is 0 Å². The summed E-state index contributed by atoms with van der Waals surface area (Å²) in [4.78, 5) is 0. The lowest BCUT2D eigenvalue weighted by Gasteiger charge is -2.41. The molecule has 0 spiro atoms. The summed E-state index contributed by atoms with van der Waals surface area (Å²) in [6.45, 7) is 16.1.